The highest BCUT2D eigenvalue weighted by molar-refractivity contribution is 6.00. The normalized spacial score (nSPS) is 29.8. The molecule has 96 valence electrons. The van der Waals surface area contributed by atoms with Crippen LogP contribution in [0.15, 0.2) is 12.1 Å². The minimum Gasteiger partial charge on any atom is -0.310 e. The van der Waals surface area contributed by atoms with E-state index in [-0.39, 0.29) is 5.92 Å². The number of ketones is 1. The first kappa shape index (κ1) is 11.9. The van der Waals surface area contributed by atoms with Gasteiger partial charge in [0.1, 0.15) is 0 Å². The van der Waals surface area contributed by atoms with E-state index in [4.69, 9.17) is 0 Å². The van der Waals surface area contributed by atoms with Crippen molar-refractivity contribution in [1.29, 1.82) is 0 Å². The van der Waals surface area contributed by atoms with E-state index in [0.29, 0.717) is 17.9 Å². The Kier molecular flexibility index (Phi) is 2.78. The van der Waals surface area contributed by atoms with Crippen LogP contribution in [-0.2, 0) is 0 Å². The molecule has 0 aromatic heterocycles. The maximum atomic E-state index is 12.7. The van der Waals surface area contributed by atoms with Gasteiger partial charge in [-0.05, 0) is 62.8 Å². The minimum atomic E-state index is 0.213. The first-order chi connectivity index (χ1) is 8.56. The zero-order valence-corrected chi connectivity index (χ0v) is 11.4. The molecule has 0 spiro atoms. The van der Waals surface area contributed by atoms with Crippen molar-refractivity contribution in [3.05, 3.63) is 34.4 Å². The Morgan fingerprint density at radius 1 is 1.11 bits per heavy atom. The number of hydrogen-bond donors (Lipinski definition) is 1. The van der Waals surface area contributed by atoms with Crippen LogP contribution in [0, 0.1) is 26.7 Å². The molecular weight excluding hydrogens is 222 g/mol. The summed E-state index contributed by atoms with van der Waals surface area (Å²) in [6.45, 7) is 6.25. The van der Waals surface area contributed by atoms with E-state index in [1.54, 1.807) is 0 Å². The lowest BCUT2D eigenvalue weighted by Gasteiger charge is -2.20. The van der Waals surface area contributed by atoms with Crippen molar-refractivity contribution in [1.82, 2.24) is 5.32 Å². The topological polar surface area (TPSA) is 29.1 Å². The summed E-state index contributed by atoms with van der Waals surface area (Å²) in [5, 5.41) is 3.55. The van der Waals surface area contributed by atoms with Crippen LogP contribution in [0.2, 0.25) is 0 Å². The molecule has 2 saturated heterocycles. The largest absolute Gasteiger partial charge is 0.310 e. The quantitative estimate of drug-likeness (QED) is 0.809. The number of rotatable bonds is 2. The molecule has 2 nitrogen and oxygen atoms in total. The van der Waals surface area contributed by atoms with Crippen LogP contribution in [0.3, 0.4) is 0 Å². The number of fused-ring (bicyclic) bond motifs is 2. The summed E-state index contributed by atoms with van der Waals surface area (Å²) < 4.78 is 0. The van der Waals surface area contributed by atoms with Crippen molar-refractivity contribution in [3.8, 4) is 0 Å². The summed E-state index contributed by atoms with van der Waals surface area (Å²) in [6.07, 6.45) is 3.46. The van der Waals surface area contributed by atoms with Crippen LogP contribution in [0.25, 0.3) is 0 Å². The molecule has 2 bridgehead atoms. The van der Waals surface area contributed by atoms with Crippen LogP contribution in [0.4, 0.5) is 0 Å². The fourth-order valence-corrected chi connectivity index (χ4v) is 3.54. The highest BCUT2D eigenvalue weighted by Gasteiger charge is 2.43. The Bertz CT molecular complexity index is 506. The second-order valence-electron chi connectivity index (χ2n) is 6.01. The number of benzene rings is 1. The van der Waals surface area contributed by atoms with Gasteiger partial charge in [0.05, 0.1) is 0 Å². The second kappa shape index (κ2) is 4.20. The van der Waals surface area contributed by atoms with Crippen molar-refractivity contribution in [2.45, 2.75) is 52.1 Å². The Morgan fingerprint density at radius 2 is 1.83 bits per heavy atom. The molecule has 0 radical (unpaired) electrons. The molecule has 0 amide bonds. The second-order valence-corrected chi connectivity index (χ2v) is 6.01. The first-order valence-corrected chi connectivity index (χ1v) is 6.94. The van der Waals surface area contributed by atoms with E-state index < -0.39 is 0 Å². The summed E-state index contributed by atoms with van der Waals surface area (Å²) in [5.41, 5.74) is 4.57. The number of carbonyl (C=O) groups excluding carboxylic acids is 1. The minimum absolute atomic E-state index is 0.213. The predicted octanol–water partition coefficient (Wildman–Crippen LogP) is 2.94. The lowest BCUT2D eigenvalue weighted by Crippen LogP contribution is -2.29. The third-order valence-electron chi connectivity index (χ3n) is 4.74. The van der Waals surface area contributed by atoms with Gasteiger partial charge >= 0.3 is 0 Å². The highest BCUT2D eigenvalue weighted by atomic mass is 16.1. The summed E-state index contributed by atoms with van der Waals surface area (Å²) in [5.74, 6) is 0.569. The van der Waals surface area contributed by atoms with Gasteiger partial charge in [-0.3, -0.25) is 4.79 Å². The average Bonchev–Trinajstić information content (AvgIpc) is 2.95. The van der Waals surface area contributed by atoms with Gasteiger partial charge in [-0.25, -0.2) is 0 Å². The third kappa shape index (κ3) is 1.79. The van der Waals surface area contributed by atoms with Crippen LogP contribution in [-0.4, -0.2) is 17.9 Å². The monoisotopic (exact) mass is 243 g/mol. The zero-order valence-electron chi connectivity index (χ0n) is 11.4. The van der Waals surface area contributed by atoms with Crippen molar-refractivity contribution < 1.29 is 4.79 Å². The van der Waals surface area contributed by atoms with E-state index in [9.17, 15) is 4.79 Å². The molecule has 1 aromatic rings. The van der Waals surface area contributed by atoms with Gasteiger partial charge in [0, 0.05) is 23.6 Å². The van der Waals surface area contributed by atoms with E-state index >= 15 is 0 Å². The lowest BCUT2D eigenvalue weighted by atomic mass is 9.82. The first-order valence-electron chi connectivity index (χ1n) is 6.94. The Balaban J connectivity index is 1.91. The average molecular weight is 243 g/mol. The lowest BCUT2D eigenvalue weighted by molar-refractivity contribution is 0.0900. The van der Waals surface area contributed by atoms with Gasteiger partial charge in [0.25, 0.3) is 0 Å². The van der Waals surface area contributed by atoms with Gasteiger partial charge in [0.15, 0.2) is 5.78 Å². The molecule has 0 saturated carbocycles. The summed E-state index contributed by atoms with van der Waals surface area (Å²) in [6, 6.07) is 5.25. The van der Waals surface area contributed by atoms with E-state index in [2.05, 4.69) is 38.2 Å². The standard InChI is InChI=1S/C16H21NO/c1-9-6-11(3)13(7-10(9)2)16(18)14-8-12-4-5-15(14)17-12/h6-7,12,14-15,17H,4-5,8H2,1-3H3. The zero-order chi connectivity index (χ0) is 12.9. The van der Waals surface area contributed by atoms with Crippen LogP contribution >= 0.6 is 0 Å². The molecule has 0 aliphatic carbocycles. The fraction of sp³-hybridized carbons (Fsp3) is 0.562. The van der Waals surface area contributed by atoms with Crippen LogP contribution in [0.5, 0.6) is 0 Å². The molecule has 2 fully saturated rings. The maximum Gasteiger partial charge on any atom is 0.167 e. The predicted molar refractivity (Wildman–Crippen MR) is 73.0 cm³/mol. The molecule has 1 N–H and O–H groups in total. The molecule has 18 heavy (non-hydrogen) atoms. The van der Waals surface area contributed by atoms with E-state index in [1.165, 1.54) is 24.0 Å². The van der Waals surface area contributed by atoms with Crippen LogP contribution in [0.1, 0.15) is 46.3 Å². The van der Waals surface area contributed by atoms with Gasteiger partial charge in [-0.2, -0.15) is 0 Å². The number of nitrogens with one attached hydrogen (secondary N) is 1. The molecule has 2 aliphatic heterocycles. The molecule has 3 atom stereocenters. The molecule has 1 aromatic carbocycles. The van der Waals surface area contributed by atoms with E-state index in [0.717, 1.165) is 17.5 Å². The maximum absolute atomic E-state index is 12.7. The SMILES string of the molecule is Cc1cc(C)c(C(=O)C2CC3CCC2N3)cc1C. The summed E-state index contributed by atoms with van der Waals surface area (Å²) in [4.78, 5) is 12.7. The summed E-state index contributed by atoms with van der Waals surface area (Å²) >= 11 is 0. The molecule has 2 aliphatic rings. The van der Waals surface area contributed by atoms with Crippen molar-refractivity contribution in [2.24, 2.45) is 5.92 Å². The fourth-order valence-electron chi connectivity index (χ4n) is 3.54. The summed E-state index contributed by atoms with van der Waals surface area (Å²) in [7, 11) is 0. The molecule has 2 heteroatoms. The Morgan fingerprint density at radius 3 is 2.44 bits per heavy atom. The number of Topliss-reactive ketones (excluding diaryl/α,β-unsaturated/α-hetero) is 1. The Hall–Kier alpha value is -1.15. The van der Waals surface area contributed by atoms with Crippen molar-refractivity contribution >= 4 is 5.78 Å². The highest BCUT2D eigenvalue weighted by Crippen LogP contribution is 2.35. The third-order valence-corrected chi connectivity index (χ3v) is 4.74. The molecule has 3 unspecified atom stereocenters. The van der Waals surface area contributed by atoms with Crippen LogP contribution < -0.4 is 5.32 Å². The smallest absolute Gasteiger partial charge is 0.167 e. The number of aryl methyl sites for hydroxylation is 3. The van der Waals surface area contributed by atoms with Gasteiger partial charge in [-0.1, -0.05) is 6.07 Å². The van der Waals surface area contributed by atoms with Crippen molar-refractivity contribution in [2.75, 3.05) is 0 Å². The molecule has 2 heterocycles. The van der Waals surface area contributed by atoms with E-state index in [1.807, 2.05) is 0 Å². The number of carbonyl (C=O) groups is 1. The molecular formula is C16H21NO. The van der Waals surface area contributed by atoms with Gasteiger partial charge in [-0.15, -0.1) is 0 Å². The van der Waals surface area contributed by atoms with Crippen molar-refractivity contribution in [3.63, 3.8) is 0 Å². The molecule has 3 rings (SSSR count). The number of hydrogen-bond acceptors (Lipinski definition) is 2. The van der Waals surface area contributed by atoms with Gasteiger partial charge < -0.3 is 5.32 Å². The van der Waals surface area contributed by atoms with Gasteiger partial charge in [0.2, 0.25) is 0 Å². The Labute approximate surface area is 109 Å².